The van der Waals surface area contributed by atoms with Crippen LogP contribution in [0.1, 0.15) is 31.9 Å². The lowest BCUT2D eigenvalue weighted by Crippen LogP contribution is -2.49. The Morgan fingerprint density at radius 2 is 2.16 bits per heavy atom. The van der Waals surface area contributed by atoms with Gasteiger partial charge in [-0.15, -0.1) is 0 Å². The molecule has 1 aromatic carbocycles. The summed E-state index contributed by atoms with van der Waals surface area (Å²) in [6.45, 7) is 5.43. The smallest absolute Gasteiger partial charge is 0.404 e. The minimum atomic E-state index is -1.46. The molecule has 104 valence electrons. The SMILES string of the molecule is CC(C)(C)C1(O)c2cccc(F)c2CC1OC(N)=O. The molecule has 2 atom stereocenters. The molecule has 1 aromatic rings. The number of hydrogen-bond donors (Lipinski definition) is 2. The van der Waals surface area contributed by atoms with Crippen molar-refractivity contribution < 1.29 is 19.0 Å². The van der Waals surface area contributed by atoms with Gasteiger partial charge in [-0.1, -0.05) is 32.9 Å². The van der Waals surface area contributed by atoms with Gasteiger partial charge in [0.15, 0.2) is 0 Å². The highest BCUT2D eigenvalue weighted by atomic mass is 19.1. The van der Waals surface area contributed by atoms with Crippen LogP contribution in [0.3, 0.4) is 0 Å². The number of hydrogen-bond acceptors (Lipinski definition) is 3. The number of amides is 1. The van der Waals surface area contributed by atoms with E-state index in [1.165, 1.54) is 12.1 Å². The molecule has 0 aliphatic heterocycles. The Morgan fingerprint density at radius 3 is 2.68 bits per heavy atom. The van der Waals surface area contributed by atoms with E-state index in [0.717, 1.165) is 0 Å². The highest BCUT2D eigenvalue weighted by Gasteiger charge is 2.55. The third-order valence-electron chi connectivity index (χ3n) is 3.79. The molecule has 0 saturated carbocycles. The molecule has 4 nitrogen and oxygen atoms in total. The van der Waals surface area contributed by atoms with E-state index in [1.54, 1.807) is 6.07 Å². The van der Waals surface area contributed by atoms with Gasteiger partial charge in [-0.3, -0.25) is 0 Å². The average molecular weight is 267 g/mol. The van der Waals surface area contributed by atoms with Crippen LogP contribution in [-0.4, -0.2) is 17.3 Å². The van der Waals surface area contributed by atoms with Gasteiger partial charge in [0.1, 0.15) is 17.5 Å². The molecule has 3 N–H and O–H groups in total. The predicted molar refractivity (Wildman–Crippen MR) is 67.9 cm³/mol. The summed E-state index contributed by atoms with van der Waals surface area (Å²) in [5.74, 6) is -0.407. The van der Waals surface area contributed by atoms with Crippen molar-refractivity contribution >= 4 is 6.09 Å². The summed E-state index contributed by atoms with van der Waals surface area (Å²) >= 11 is 0. The zero-order chi connectivity index (χ0) is 14.4. The van der Waals surface area contributed by atoms with Crippen molar-refractivity contribution in [2.45, 2.75) is 38.9 Å². The highest BCUT2D eigenvalue weighted by molar-refractivity contribution is 5.65. The first kappa shape index (κ1) is 13.8. The Balaban J connectivity index is 2.58. The first-order valence-electron chi connectivity index (χ1n) is 6.14. The number of carbonyl (C=O) groups excluding carboxylic acids is 1. The van der Waals surface area contributed by atoms with Crippen molar-refractivity contribution in [3.05, 3.63) is 35.1 Å². The number of halogens is 1. The zero-order valence-electron chi connectivity index (χ0n) is 11.2. The minimum absolute atomic E-state index is 0.124. The van der Waals surface area contributed by atoms with Gasteiger partial charge in [0.05, 0.1) is 0 Å². The molecule has 0 saturated heterocycles. The molecule has 0 aromatic heterocycles. The molecule has 1 aliphatic rings. The highest BCUT2D eigenvalue weighted by Crippen LogP contribution is 2.50. The maximum absolute atomic E-state index is 13.9. The molecule has 0 fully saturated rings. The van der Waals surface area contributed by atoms with Crippen LogP contribution in [0, 0.1) is 11.2 Å². The fraction of sp³-hybridized carbons (Fsp3) is 0.500. The molecular formula is C14H18FNO3. The Morgan fingerprint density at radius 1 is 1.53 bits per heavy atom. The zero-order valence-corrected chi connectivity index (χ0v) is 11.2. The van der Waals surface area contributed by atoms with Crippen LogP contribution in [0.2, 0.25) is 0 Å². The summed E-state index contributed by atoms with van der Waals surface area (Å²) in [6, 6.07) is 4.53. The van der Waals surface area contributed by atoms with Gasteiger partial charge in [-0.2, -0.15) is 0 Å². The summed E-state index contributed by atoms with van der Waals surface area (Å²) in [4.78, 5) is 11.0. The standard InChI is InChI=1S/C14H18FNO3/c1-13(2,3)14(18)9-5-4-6-10(15)8(9)7-11(14)19-12(16)17/h4-6,11,18H,7H2,1-3H3,(H2,16,17). The van der Waals surface area contributed by atoms with E-state index in [-0.39, 0.29) is 6.42 Å². The van der Waals surface area contributed by atoms with E-state index in [2.05, 4.69) is 0 Å². The van der Waals surface area contributed by atoms with Crippen molar-refractivity contribution in [3.63, 3.8) is 0 Å². The fourth-order valence-corrected chi connectivity index (χ4v) is 2.78. The van der Waals surface area contributed by atoms with Crippen LogP contribution in [0.5, 0.6) is 0 Å². The Bertz CT molecular complexity index is 524. The van der Waals surface area contributed by atoms with Gasteiger partial charge in [0, 0.05) is 6.42 Å². The van der Waals surface area contributed by atoms with Gasteiger partial charge >= 0.3 is 6.09 Å². The van der Waals surface area contributed by atoms with Crippen molar-refractivity contribution in [3.8, 4) is 0 Å². The maximum atomic E-state index is 13.9. The number of benzene rings is 1. The van der Waals surface area contributed by atoms with E-state index in [4.69, 9.17) is 10.5 Å². The van der Waals surface area contributed by atoms with E-state index in [0.29, 0.717) is 11.1 Å². The molecule has 0 radical (unpaired) electrons. The number of carbonyl (C=O) groups is 1. The van der Waals surface area contributed by atoms with Crippen molar-refractivity contribution in [2.24, 2.45) is 11.1 Å². The average Bonchev–Trinajstić information content (AvgIpc) is 2.54. The third kappa shape index (κ3) is 1.98. The number of nitrogens with two attached hydrogens (primary N) is 1. The maximum Gasteiger partial charge on any atom is 0.404 e. The quantitative estimate of drug-likeness (QED) is 0.818. The topological polar surface area (TPSA) is 72.6 Å². The van der Waals surface area contributed by atoms with Gasteiger partial charge in [-0.05, 0) is 22.6 Å². The van der Waals surface area contributed by atoms with Gasteiger partial charge < -0.3 is 15.6 Å². The third-order valence-corrected chi connectivity index (χ3v) is 3.79. The number of aliphatic hydroxyl groups is 1. The van der Waals surface area contributed by atoms with Crippen LogP contribution in [0.15, 0.2) is 18.2 Å². The minimum Gasteiger partial charge on any atom is -0.443 e. The van der Waals surface area contributed by atoms with E-state index < -0.39 is 29.0 Å². The number of ether oxygens (including phenoxy) is 1. The van der Waals surface area contributed by atoms with E-state index >= 15 is 0 Å². The molecule has 0 bridgehead atoms. The second kappa shape index (κ2) is 4.20. The van der Waals surface area contributed by atoms with Gasteiger partial charge in [0.25, 0.3) is 0 Å². The molecule has 2 unspecified atom stereocenters. The second-order valence-corrected chi connectivity index (χ2v) is 5.91. The molecule has 0 heterocycles. The molecule has 0 spiro atoms. The number of rotatable bonds is 1. The summed E-state index contributed by atoms with van der Waals surface area (Å²) < 4.78 is 18.9. The number of primary amides is 1. The molecule has 5 heteroatoms. The lowest BCUT2D eigenvalue weighted by atomic mass is 9.71. The summed E-state index contributed by atoms with van der Waals surface area (Å²) in [6.07, 6.45) is -1.73. The van der Waals surface area contributed by atoms with Crippen molar-refractivity contribution in [1.82, 2.24) is 0 Å². The van der Waals surface area contributed by atoms with E-state index in [9.17, 15) is 14.3 Å². The van der Waals surface area contributed by atoms with Crippen LogP contribution in [-0.2, 0) is 16.8 Å². The van der Waals surface area contributed by atoms with Gasteiger partial charge in [0.2, 0.25) is 0 Å². The molecular weight excluding hydrogens is 249 g/mol. The van der Waals surface area contributed by atoms with Crippen molar-refractivity contribution in [2.75, 3.05) is 0 Å². The molecule has 1 aliphatic carbocycles. The molecule has 1 amide bonds. The Labute approximate surface area is 111 Å². The largest absolute Gasteiger partial charge is 0.443 e. The summed E-state index contributed by atoms with van der Waals surface area (Å²) in [5.41, 5.74) is 3.80. The van der Waals surface area contributed by atoms with Crippen molar-refractivity contribution in [1.29, 1.82) is 0 Å². The lowest BCUT2D eigenvalue weighted by Gasteiger charge is -2.41. The van der Waals surface area contributed by atoms with Crippen LogP contribution >= 0.6 is 0 Å². The second-order valence-electron chi connectivity index (χ2n) is 5.91. The lowest BCUT2D eigenvalue weighted by molar-refractivity contribution is -0.138. The van der Waals surface area contributed by atoms with Gasteiger partial charge in [-0.25, -0.2) is 9.18 Å². The monoisotopic (exact) mass is 267 g/mol. The van der Waals surface area contributed by atoms with Crippen LogP contribution < -0.4 is 5.73 Å². The fourth-order valence-electron chi connectivity index (χ4n) is 2.78. The summed E-state index contributed by atoms with van der Waals surface area (Å²) in [7, 11) is 0. The van der Waals surface area contributed by atoms with Crippen LogP contribution in [0.4, 0.5) is 9.18 Å². The Hall–Kier alpha value is -1.62. The Kier molecular flexibility index (Phi) is 3.05. The number of fused-ring (bicyclic) bond motifs is 1. The molecule has 2 rings (SSSR count). The first-order chi connectivity index (χ1) is 8.68. The molecule has 19 heavy (non-hydrogen) atoms. The van der Waals surface area contributed by atoms with Crippen LogP contribution in [0.25, 0.3) is 0 Å². The van der Waals surface area contributed by atoms with E-state index in [1.807, 2.05) is 20.8 Å². The summed E-state index contributed by atoms with van der Waals surface area (Å²) in [5, 5.41) is 11.0. The predicted octanol–water partition coefficient (Wildman–Crippen LogP) is 2.08. The first-order valence-corrected chi connectivity index (χ1v) is 6.14. The normalized spacial score (nSPS) is 26.1.